The number of aliphatic hydroxyl groups is 1. The molecule has 0 fully saturated rings. The highest BCUT2D eigenvalue weighted by atomic mass is 35.5. The SMILES string of the molecule is OCC(Nc1ccccc1)c1ccc(Cl)c(Cl)c1. The largest absolute Gasteiger partial charge is 0.394 e. The number of benzene rings is 2. The van der Waals surface area contributed by atoms with Gasteiger partial charge >= 0.3 is 0 Å². The van der Waals surface area contributed by atoms with Gasteiger partial charge < -0.3 is 10.4 Å². The molecule has 1 atom stereocenters. The molecule has 0 aliphatic rings. The molecule has 0 radical (unpaired) electrons. The summed E-state index contributed by atoms with van der Waals surface area (Å²) in [6.45, 7) is -0.0210. The fraction of sp³-hybridized carbons (Fsp3) is 0.143. The maximum Gasteiger partial charge on any atom is 0.0745 e. The molecule has 0 aromatic heterocycles. The second-order valence-electron chi connectivity index (χ2n) is 3.92. The second kappa shape index (κ2) is 6.10. The number of nitrogens with one attached hydrogen (secondary N) is 1. The van der Waals surface area contributed by atoms with E-state index in [1.54, 1.807) is 12.1 Å². The summed E-state index contributed by atoms with van der Waals surface area (Å²) in [7, 11) is 0. The van der Waals surface area contributed by atoms with Gasteiger partial charge in [-0.25, -0.2) is 0 Å². The molecule has 0 spiro atoms. The van der Waals surface area contributed by atoms with E-state index in [0.29, 0.717) is 10.0 Å². The molecule has 0 saturated carbocycles. The highest BCUT2D eigenvalue weighted by molar-refractivity contribution is 6.42. The Balaban J connectivity index is 2.20. The zero-order chi connectivity index (χ0) is 13.0. The van der Waals surface area contributed by atoms with Crippen LogP contribution in [0.15, 0.2) is 48.5 Å². The smallest absolute Gasteiger partial charge is 0.0745 e. The molecule has 2 rings (SSSR count). The van der Waals surface area contributed by atoms with Gasteiger partial charge in [0.25, 0.3) is 0 Å². The Hall–Kier alpha value is -1.22. The Bertz CT molecular complexity index is 516. The minimum Gasteiger partial charge on any atom is -0.394 e. The van der Waals surface area contributed by atoms with Crippen LogP contribution < -0.4 is 5.32 Å². The summed E-state index contributed by atoms with van der Waals surface area (Å²) in [5, 5.41) is 13.7. The van der Waals surface area contributed by atoms with Crippen LogP contribution in [0.25, 0.3) is 0 Å². The Morgan fingerprint density at radius 1 is 1.00 bits per heavy atom. The van der Waals surface area contributed by atoms with Crippen molar-refractivity contribution in [1.29, 1.82) is 0 Å². The Labute approximate surface area is 116 Å². The summed E-state index contributed by atoms with van der Waals surface area (Å²) in [5.74, 6) is 0. The molecule has 0 heterocycles. The van der Waals surface area contributed by atoms with Crippen LogP contribution in [0.4, 0.5) is 5.69 Å². The van der Waals surface area contributed by atoms with E-state index in [1.807, 2.05) is 36.4 Å². The van der Waals surface area contributed by atoms with Gasteiger partial charge in [0.1, 0.15) is 0 Å². The predicted octanol–water partition coefficient (Wildman–Crippen LogP) is 4.14. The van der Waals surface area contributed by atoms with Gasteiger partial charge in [0.15, 0.2) is 0 Å². The normalized spacial score (nSPS) is 12.2. The van der Waals surface area contributed by atoms with Crippen LogP contribution in [-0.2, 0) is 0 Å². The Kier molecular flexibility index (Phi) is 4.48. The molecule has 18 heavy (non-hydrogen) atoms. The van der Waals surface area contributed by atoms with Crippen molar-refractivity contribution in [3.8, 4) is 0 Å². The molecule has 0 amide bonds. The van der Waals surface area contributed by atoms with Crippen LogP contribution >= 0.6 is 23.2 Å². The van der Waals surface area contributed by atoms with E-state index in [2.05, 4.69) is 5.32 Å². The van der Waals surface area contributed by atoms with Crippen LogP contribution in [0, 0.1) is 0 Å². The van der Waals surface area contributed by atoms with Crippen LogP contribution in [-0.4, -0.2) is 11.7 Å². The first kappa shape index (κ1) is 13.2. The number of hydrogen-bond acceptors (Lipinski definition) is 2. The maximum absolute atomic E-state index is 9.46. The molecule has 4 heteroatoms. The Morgan fingerprint density at radius 3 is 2.33 bits per heavy atom. The summed E-state index contributed by atoms with van der Waals surface area (Å²) in [6, 6.07) is 14.8. The molecule has 2 N–H and O–H groups in total. The molecule has 94 valence electrons. The summed E-state index contributed by atoms with van der Waals surface area (Å²) in [5.41, 5.74) is 1.85. The lowest BCUT2D eigenvalue weighted by atomic mass is 10.1. The number of para-hydroxylation sites is 1. The zero-order valence-electron chi connectivity index (χ0n) is 9.61. The lowest BCUT2D eigenvalue weighted by Gasteiger charge is -2.18. The zero-order valence-corrected chi connectivity index (χ0v) is 11.1. The van der Waals surface area contributed by atoms with Crippen molar-refractivity contribution < 1.29 is 5.11 Å². The first-order valence-electron chi connectivity index (χ1n) is 5.58. The van der Waals surface area contributed by atoms with Crippen molar-refractivity contribution in [1.82, 2.24) is 0 Å². The second-order valence-corrected chi connectivity index (χ2v) is 4.73. The summed E-state index contributed by atoms with van der Waals surface area (Å²) in [4.78, 5) is 0. The first-order valence-corrected chi connectivity index (χ1v) is 6.33. The third-order valence-corrected chi connectivity index (χ3v) is 3.38. The van der Waals surface area contributed by atoms with E-state index in [1.165, 1.54) is 0 Å². The number of aliphatic hydroxyl groups excluding tert-OH is 1. The van der Waals surface area contributed by atoms with Crippen LogP contribution in [0.2, 0.25) is 10.0 Å². The third kappa shape index (κ3) is 3.16. The van der Waals surface area contributed by atoms with Crippen LogP contribution in [0.3, 0.4) is 0 Å². The standard InChI is InChI=1S/C14H13Cl2NO/c15-12-7-6-10(8-13(12)16)14(9-18)17-11-4-2-1-3-5-11/h1-8,14,17-18H,9H2. The van der Waals surface area contributed by atoms with Gasteiger partial charge in [0.2, 0.25) is 0 Å². The van der Waals surface area contributed by atoms with E-state index in [4.69, 9.17) is 23.2 Å². The fourth-order valence-corrected chi connectivity index (χ4v) is 2.01. The quantitative estimate of drug-likeness (QED) is 0.883. The van der Waals surface area contributed by atoms with Crippen molar-refractivity contribution in [3.63, 3.8) is 0 Å². The highest BCUT2D eigenvalue weighted by Gasteiger charge is 2.11. The average Bonchev–Trinajstić information content (AvgIpc) is 2.40. The minimum absolute atomic E-state index is 0.0210. The molecule has 1 unspecified atom stereocenters. The molecule has 0 saturated heterocycles. The van der Waals surface area contributed by atoms with Gasteiger partial charge in [-0.05, 0) is 29.8 Å². The highest BCUT2D eigenvalue weighted by Crippen LogP contribution is 2.27. The molecular formula is C14H13Cl2NO. The molecule has 0 aliphatic carbocycles. The third-order valence-electron chi connectivity index (χ3n) is 2.64. The van der Waals surface area contributed by atoms with Gasteiger partial charge in [0, 0.05) is 5.69 Å². The van der Waals surface area contributed by atoms with Crippen molar-refractivity contribution in [2.75, 3.05) is 11.9 Å². The van der Waals surface area contributed by atoms with Gasteiger partial charge in [-0.1, -0.05) is 47.5 Å². The molecule has 0 bridgehead atoms. The summed E-state index contributed by atoms with van der Waals surface area (Å²) < 4.78 is 0. The molecule has 2 nitrogen and oxygen atoms in total. The Morgan fingerprint density at radius 2 is 1.72 bits per heavy atom. The number of anilines is 1. The van der Waals surface area contributed by atoms with E-state index in [-0.39, 0.29) is 12.6 Å². The van der Waals surface area contributed by atoms with Crippen molar-refractivity contribution >= 4 is 28.9 Å². The molecule has 2 aromatic rings. The lowest BCUT2D eigenvalue weighted by molar-refractivity contribution is 0.276. The van der Waals surface area contributed by atoms with Gasteiger partial charge in [-0.15, -0.1) is 0 Å². The van der Waals surface area contributed by atoms with E-state index in [9.17, 15) is 5.11 Å². The van der Waals surface area contributed by atoms with E-state index < -0.39 is 0 Å². The van der Waals surface area contributed by atoms with Gasteiger partial charge in [0.05, 0.1) is 22.7 Å². The molecule has 2 aromatic carbocycles. The lowest BCUT2D eigenvalue weighted by Crippen LogP contribution is -2.14. The number of hydrogen-bond donors (Lipinski definition) is 2. The fourth-order valence-electron chi connectivity index (χ4n) is 1.70. The number of halogens is 2. The van der Waals surface area contributed by atoms with Crippen molar-refractivity contribution in [2.45, 2.75) is 6.04 Å². The molecular weight excluding hydrogens is 269 g/mol. The van der Waals surface area contributed by atoms with E-state index >= 15 is 0 Å². The van der Waals surface area contributed by atoms with E-state index in [0.717, 1.165) is 11.3 Å². The predicted molar refractivity (Wildman–Crippen MR) is 76.4 cm³/mol. The average molecular weight is 282 g/mol. The first-order chi connectivity index (χ1) is 8.70. The van der Waals surface area contributed by atoms with Crippen molar-refractivity contribution in [3.05, 3.63) is 64.1 Å². The van der Waals surface area contributed by atoms with Crippen molar-refractivity contribution in [2.24, 2.45) is 0 Å². The van der Waals surface area contributed by atoms with Crippen LogP contribution in [0.5, 0.6) is 0 Å². The number of rotatable bonds is 4. The minimum atomic E-state index is -0.206. The summed E-state index contributed by atoms with van der Waals surface area (Å²) in [6.07, 6.45) is 0. The molecule has 0 aliphatic heterocycles. The monoisotopic (exact) mass is 281 g/mol. The summed E-state index contributed by atoms with van der Waals surface area (Å²) >= 11 is 11.9. The van der Waals surface area contributed by atoms with Crippen LogP contribution in [0.1, 0.15) is 11.6 Å². The maximum atomic E-state index is 9.46. The topological polar surface area (TPSA) is 32.3 Å². The van der Waals surface area contributed by atoms with Gasteiger partial charge in [-0.2, -0.15) is 0 Å². The van der Waals surface area contributed by atoms with Gasteiger partial charge in [-0.3, -0.25) is 0 Å².